The van der Waals surface area contributed by atoms with Crippen molar-refractivity contribution < 1.29 is 4.74 Å². The number of nitrogens with one attached hydrogen (secondary N) is 1. The summed E-state index contributed by atoms with van der Waals surface area (Å²) in [7, 11) is 0. The fraction of sp³-hybridized carbons (Fsp3) is 1.00. The Morgan fingerprint density at radius 3 is 2.44 bits per heavy atom. The minimum atomic E-state index is 0.576. The Bertz CT molecular complexity index is 213. The second kappa shape index (κ2) is 8.16. The molecule has 2 heteroatoms. The topological polar surface area (TPSA) is 21.3 Å². The molecule has 0 heterocycles. The highest BCUT2D eigenvalue weighted by atomic mass is 16.5. The molecule has 0 amide bonds. The third-order valence-corrected chi connectivity index (χ3v) is 4.74. The summed E-state index contributed by atoms with van der Waals surface area (Å²) >= 11 is 0. The fourth-order valence-corrected chi connectivity index (χ4v) is 3.46. The van der Waals surface area contributed by atoms with Gasteiger partial charge in [-0.3, -0.25) is 0 Å². The molecule has 1 N–H and O–H groups in total. The normalized spacial score (nSPS) is 30.5. The molecule has 2 rings (SSSR count). The van der Waals surface area contributed by atoms with Gasteiger partial charge in [-0.15, -0.1) is 0 Å². The molecule has 2 aliphatic carbocycles. The van der Waals surface area contributed by atoms with E-state index in [4.69, 9.17) is 4.74 Å². The van der Waals surface area contributed by atoms with Gasteiger partial charge in [0.05, 0.1) is 6.10 Å². The molecule has 0 bridgehead atoms. The van der Waals surface area contributed by atoms with Crippen molar-refractivity contribution in [3.8, 4) is 0 Å². The van der Waals surface area contributed by atoms with Crippen LogP contribution in [0.1, 0.15) is 71.1 Å². The van der Waals surface area contributed by atoms with Crippen LogP contribution in [-0.2, 0) is 4.74 Å². The van der Waals surface area contributed by atoms with Crippen molar-refractivity contribution in [1.29, 1.82) is 0 Å². The van der Waals surface area contributed by atoms with Crippen molar-refractivity contribution >= 4 is 0 Å². The number of rotatable bonds is 6. The van der Waals surface area contributed by atoms with Gasteiger partial charge in [-0.25, -0.2) is 0 Å². The fourth-order valence-electron chi connectivity index (χ4n) is 3.46. The zero-order valence-electron chi connectivity index (χ0n) is 12.1. The lowest BCUT2D eigenvalue weighted by Crippen LogP contribution is -2.38. The molecule has 0 radical (unpaired) electrons. The number of hydrogen-bond donors (Lipinski definition) is 1. The maximum absolute atomic E-state index is 5.96. The molecular weight excluding hydrogens is 222 g/mol. The van der Waals surface area contributed by atoms with E-state index in [-0.39, 0.29) is 0 Å². The molecule has 18 heavy (non-hydrogen) atoms. The summed E-state index contributed by atoms with van der Waals surface area (Å²) in [5.74, 6) is 0.873. The summed E-state index contributed by atoms with van der Waals surface area (Å²) in [5.41, 5.74) is 0. The van der Waals surface area contributed by atoms with E-state index in [1.165, 1.54) is 64.2 Å². The molecule has 2 fully saturated rings. The predicted molar refractivity (Wildman–Crippen MR) is 76.9 cm³/mol. The average molecular weight is 253 g/mol. The van der Waals surface area contributed by atoms with Gasteiger partial charge >= 0.3 is 0 Å². The van der Waals surface area contributed by atoms with E-state index in [1.807, 2.05) is 0 Å². The van der Waals surface area contributed by atoms with Gasteiger partial charge < -0.3 is 10.1 Å². The lowest BCUT2D eigenvalue weighted by Gasteiger charge is -2.29. The highest BCUT2D eigenvalue weighted by Crippen LogP contribution is 2.23. The molecule has 2 saturated carbocycles. The van der Waals surface area contributed by atoms with E-state index in [1.54, 1.807) is 0 Å². The van der Waals surface area contributed by atoms with Crippen LogP contribution in [0.4, 0.5) is 0 Å². The first-order valence-corrected chi connectivity index (χ1v) is 8.21. The minimum absolute atomic E-state index is 0.576. The molecule has 106 valence electrons. The largest absolute Gasteiger partial charge is 0.378 e. The summed E-state index contributed by atoms with van der Waals surface area (Å²) in [6, 6.07) is 0.772. The molecule has 0 aromatic carbocycles. The molecule has 0 spiro atoms. The van der Waals surface area contributed by atoms with Gasteiger partial charge in [0.2, 0.25) is 0 Å². The summed E-state index contributed by atoms with van der Waals surface area (Å²) in [6.45, 7) is 4.50. The van der Waals surface area contributed by atoms with Crippen molar-refractivity contribution in [3.05, 3.63) is 0 Å². The standard InChI is InChI=1S/C16H31NO/c1-14-8-5-6-11-16(14)17-12-7-13-18-15-9-3-2-4-10-15/h14-17H,2-13H2,1H3. The Kier molecular flexibility index (Phi) is 6.50. The maximum atomic E-state index is 5.96. The molecule has 2 atom stereocenters. The summed E-state index contributed by atoms with van der Waals surface area (Å²) < 4.78 is 5.96. The third-order valence-electron chi connectivity index (χ3n) is 4.74. The first-order chi connectivity index (χ1) is 8.86. The van der Waals surface area contributed by atoms with E-state index in [9.17, 15) is 0 Å². The molecule has 2 nitrogen and oxygen atoms in total. The zero-order valence-corrected chi connectivity index (χ0v) is 12.1. The van der Waals surface area contributed by atoms with Crippen LogP contribution in [0.15, 0.2) is 0 Å². The quantitative estimate of drug-likeness (QED) is 0.725. The van der Waals surface area contributed by atoms with Crippen molar-refractivity contribution in [2.45, 2.75) is 83.3 Å². The Morgan fingerprint density at radius 2 is 1.67 bits per heavy atom. The lowest BCUT2D eigenvalue weighted by molar-refractivity contribution is 0.0268. The monoisotopic (exact) mass is 253 g/mol. The van der Waals surface area contributed by atoms with Crippen molar-refractivity contribution in [1.82, 2.24) is 5.32 Å². The summed E-state index contributed by atoms with van der Waals surface area (Å²) in [4.78, 5) is 0. The van der Waals surface area contributed by atoms with Gasteiger partial charge in [0.15, 0.2) is 0 Å². The van der Waals surface area contributed by atoms with E-state index in [0.717, 1.165) is 25.1 Å². The van der Waals surface area contributed by atoms with E-state index >= 15 is 0 Å². The zero-order chi connectivity index (χ0) is 12.6. The molecule has 0 saturated heterocycles. The molecular formula is C16H31NO. The lowest BCUT2D eigenvalue weighted by atomic mass is 9.86. The van der Waals surface area contributed by atoms with E-state index < -0.39 is 0 Å². The smallest absolute Gasteiger partial charge is 0.0575 e. The van der Waals surface area contributed by atoms with E-state index in [0.29, 0.717) is 6.10 Å². The van der Waals surface area contributed by atoms with Gasteiger partial charge in [0.25, 0.3) is 0 Å². The summed E-state index contributed by atoms with van der Waals surface area (Å²) in [6.07, 6.45) is 14.2. The summed E-state index contributed by atoms with van der Waals surface area (Å²) in [5, 5.41) is 3.73. The Hall–Kier alpha value is -0.0800. The van der Waals surface area contributed by atoms with Crippen LogP contribution in [0.5, 0.6) is 0 Å². The van der Waals surface area contributed by atoms with Gasteiger partial charge in [-0.05, 0) is 44.6 Å². The van der Waals surface area contributed by atoms with Gasteiger partial charge in [0.1, 0.15) is 0 Å². The first-order valence-electron chi connectivity index (χ1n) is 8.21. The van der Waals surface area contributed by atoms with Crippen LogP contribution < -0.4 is 5.32 Å². The van der Waals surface area contributed by atoms with Crippen LogP contribution in [0.2, 0.25) is 0 Å². The van der Waals surface area contributed by atoms with Crippen molar-refractivity contribution in [3.63, 3.8) is 0 Å². The number of hydrogen-bond acceptors (Lipinski definition) is 2. The molecule has 2 aliphatic rings. The Morgan fingerprint density at radius 1 is 0.944 bits per heavy atom. The van der Waals surface area contributed by atoms with Crippen LogP contribution in [0.25, 0.3) is 0 Å². The van der Waals surface area contributed by atoms with Crippen LogP contribution in [-0.4, -0.2) is 25.3 Å². The van der Waals surface area contributed by atoms with Crippen molar-refractivity contribution in [2.24, 2.45) is 5.92 Å². The van der Waals surface area contributed by atoms with Gasteiger partial charge in [0, 0.05) is 12.6 Å². The van der Waals surface area contributed by atoms with E-state index in [2.05, 4.69) is 12.2 Å². The molecule has 0 aliphatic heterocycles. The van der Waals surface area contributed by atoms with Crippen molar-refractivity contribution in [2.75, 3.05) is 13.2 Å². The van der Waals surface area contributed by atoms with Crippen LogP contribution >= 0.6 is 0 Å². The van der Waals surface area contributed by atoms with Gasteiger partial charge in [-0.1, -0.05) is 39.0 Å². The van der Waals surface area contributed by atoms with Gasteiger partial charge in [-0.2, -0.15) is 0 Å². The minimum Gasteiger partial charge on any atom is -0.378 e. The Labute approximate surface area is 113 Å². The predicted octanol–water partition coefficient (Wildman–Crippen LogP) is 3.89. The second-order valence-corrected chi connectivity index (χ2v) is 6.31. The Balaban J connectivity index is 1.47. The molecule has 2 unspecified atom stereocenters. The SMILES string of the molecule is CC1CCCCC1NCCCOC1CCCCC1. The third kappa shape index (κ3) is 4.89. The highest BCUT2D eigenvalue weighted by Gasteiger charge is 2.20. The first kappa shape index (κ1) is 14.3. The molecule has 0 aromatic rings. The molecule has 0 aromatic heterocycles. The van der Waals surface area contributed by atoms with Crippen LogP contribution in [0, 0.1) is 5.92 Å². The average Bonchev–Trinajstić information content (AvgIpc) is 2.42. The highest BCUT2D eigenvalue weighted by molar-refractivity contribution is 4.77. The second-order valence-electron chi connectivity index (χ2n) is 6.31. The maximum Gasteiger partial charge on any atom is 0.0575 e. The van der Waals surface area contributed by atoms with Crippen LogP contribution in [0.3, 0.4) is 0 Å². The number of ether oxygens (including phenoxy) is 1.